The van der Waals surface area contributed by atoms with Gasteiger partial charge in [-0.15, -0.1) is 26.2 Å². The summed E-state index contributed by atoms with van der Waals surface area (Å²) >= 11 is 0. The summed E-state index contributed by atoms with van der Waals surface area (Å²) in [6, 6.07) is 0. The van der Waals surface area contributed by atoms with E-state index in [1.165, 1.54) is 6.16 Å². The Morgan fingerprint density at radius 2 is 1.60 bits per heavy atom. The molecule has 0 aliphatic carbocycles. The van der Waals surface area contributed by atoms with Crippen LogP contribution in [0.2, 0.25) is 0 Å². The summed E-state index contributed by atoms with van der Waals surface area (Å²) < 4.78 is 0. The van der Waals surface area contributed by atoms with E-state index in [-0.39, 0.29) is 34.9 Å². The monoisotopic (exact) mass is 220 g/mol. The Labute approximate surface area is 57.4 Å². The van der Waals surface area contributed by atoms with Crippen molar-refractivity contribution in [2.75, 3.05) is 6.16 Å². The second-order valence-corrected chi connectivity index (χ2v) is 1.22. The molecule has 0 aromatic carbocycles. The molecule has 0 rings (SSSR count). The van der Waals surface area contributed by atoms with Gasteiger partial charge in [-0.1, -0.05) is 6.92 Å². The van der Waals surface area contributed by atoms with Gasteiger partial charge in [0.1, 0.15) is 0 Å². The van der Waals surface area contributed by atoms with Gasteiger partial charge in [0.2, 0.25) is 0 Å². The van der Waals surface area contributed by atoms with Crippen LogP contribution in [0.1, 0.15) is 6.92 Å². The van der Waals surface area contributed by atoms with Crippen LogP contribution in [0.4, 0.5) is 0 Å². The fourth-order valence-corrected chi connectivity index (χ4v) is 0. The van der Waals surface area contributed by atoms with Crippen LogP contribution in [0.15, 0.2) is 0 Å². The Kier molecular flexibility index (Phi) is 57.6. The Morgan fingerprint density at radius 1 is 1.60 bits per heavy atom. The van der Waals surface area contributed by atoms with E-state index < -0.39 is 0 Å². The van der Waals surface area contributed by atoms with Crippen molar-refractivity contribution in [1.29, 1.82) is 0 Å². The standard InChI is InChI=1S/C2H7P.AsH3.BrH/c1-2-3;;/h2-3H2,1H3;1H3;1H. The van der Waals surface area contributed by atoms with Gasteiger partial charge in [0.25, 0.3) is 0 Å². The maximum absolute atomic E-state index is 2.58. The molecule has 0 amide bonds. The first-order valence-electron chi connectivity index (χ1n) is 1.12. The number of hydrogen-bond donors (Lipinski definition) is 0. The molecule has 0 heterocycles. The van der Waals surface area contributed by atoms with Gasteiger partial charge in [0.05, 0.1) is 0 Å². The van der Waals surface area contributed by atoms with Gasteiger partial charge < -0.3 is 0 Å². The molecule has 0 saturated heterocycles. The van der Waals surface area contributed by atoms with Crippen LogP contribution >= 0.6 is 26.2 Å². The number of hydrogen-bond acceptors (Lipinski definition) is 0. The molecule has 0 aromatic rings. The van der Waals surface area contributed by atoms with Crippen molar-refractivity contribution in [3.05, 3.63) is 0 Å². The van der Waals surface area contributed by atoms with Gasteiger partial charge in [-0.25, -0.2) is 0 Å². The normalized spacial score (nSPS) is 3.60. The topological polar surface area (TPSA) is 0 Å². The summed E-state index contributed by atoms with van der Waals surface area (Å²) in [6.07, 6.45) is 1.17. The van der Waals surface area contributed by atoms with E-state index in [4.69, 9.17) is 0 Å². The van der Waals surface area contributed by atoms with E-state index in [0.29, 0.717) is 0 Å². The predicted octanol–water partition coefficient (Wildman–Crippen LogP) is 0.275. The zero-order chi connectivity index (χ0) is 2.71. The van der Waals surface area contributed by atoms with Gasteiger partial charge in [-0.2, -0.15) is 0 Å². The van der Waals surface area contributed by atoms with Crippen molar-refractivity contribution in [1.82, 2.24) is 0 Å². The molecule has 0 aliphatic heterocycles. The van der Waals surface area contributed by atoms with E-state index in [9.17, 15) is 0 Å². The van der Waals surface area contributed by atoms with E-state index in [2.05, 4.69) is 16.2 Å². The molecule has 0 saturated carbocycles. The molecule has 0 spiro atoms. The first kappa shape index (κ1) is 16.1. The van der Waals surface area contributed by atoms with Crippen molar-refractivity contribution in [2.24, 2.45) is 0 Å². The molecule has 5 heavy (non-hydrogen) atoms. The minimum absolute atomic E-state index is 0. The molecule has 0 fully saturated rings. The van der Waals surface area contributed by atoms with E-state index >= 15 is 0 Å². The van der Waals surface area contributed by atoms with Crippen LogP contribution in [0.3, 0.4) is 0 Å². The van der Waals surface area contributed by atoms with Crippen LogP contribution in [0.25, 0.3) is 0 Å². The third-order valence-corrected chi connectivity index (χ3v) is 0. The van der Waals surface area contributed by atoms with E-state index in [1.807, 2.05) is 0 Å². The third-order valence-electron chi connectivity index (χ3n) is 0. The average Bonchev–Trinajstić information content (AvgIpc) is 0.918. The maximum atomic E-state index is 2.58. The van der Waals surface area contributed by atoms with Crippen molar-refractivity contribution < 1.29 is 0 Å². The molecule has 0 aliphatic rings. The zero-order valence-corrected chi connectivity index (χ0v) is 9.23. The van der Waals surface area contributed by atoms with Gasteiger partial charge in [0.15, 0.2) is 0 Å². The summed E-state index contributed by atoms with van der Waals surface area (Å²) in [5.74, 6) is 0. The zero-order valence-electron chi connectivity index (χ0n) is 3.40. The summed E-state index contributed by atoms with van der Waals surface area (Å²) in [4.78, 5) is 0. The van der Waals surface area contributed by atoms with Crippen LogP contribution in [-0.4, -0.2) is 24.1 Å². The summed E-state index contributed by atoms with van der Waals surface area (Å²) in [6.45, 7) is 2.09. The Bertz CT molecular complexity index is 9.61. The molecule has 36 valence electrons. The Hall–Kier alpha value is 1.47. The molecule has 0 N–H and O–H groups in total. The molecular weight excluding hydrogens is 210 g/mol. The fourth-order valence-electron chi connectivity index (χ4n) is 0. The predicted molar refractivity (Wildman–Crippen MR) is 40.5 cm³/mol. The SMILES string of the molecule is Br.CCP.[AsH3]. The van der Waals surface area contributed by atoms with Crippen molar-refractivity contribution >= 4 is 44.2 Å². The molecule has 2 unspecified atom stereocenters. The quantitative estimate of drug-likeness (QED) is 0.407. The second kappa shape index (κ2) is 17.9. The van der Waals surface area contributed by atoms with Crippen LogP contribution in [0.5, 0.6) is 0 Å². The van der Waals surface area contributed by atoms with Gasteiger partial charge in [-0.3, -0.25) is 0 Å². The summed E-state index contributed by atoms with van der Waals surface area (Å²) in [5.41, 5.74) is 0. The van der Waals surface area contributed by atoms with Crippen molar-refractivity contribution in [3.8, 4) is 0 Å². The molecular formula is C2H11AsBrP. The minimum atomic E-state index is 0. The Balaban J connectivity index is -0.0000000200. The van der Waals surface area contributed by atoms with Crippen LogP contribution in [0, 0.1) is 0 Å². The molecule has 3 heteroatoms. The average molecular weight is 221 g/mol. The number of halogens is 1. The van der Waals surface area contributed by atoms with Crippen molar-refractivity contribution in [3.63, 3.8) is 0 Å². The number of rotatable bonds is 0. The van der Waals surface area contributed by atoms with Crippen LogP contribution in [-0.2, 0) is 0 Å². The molecule has 0 nitrogen and oxygen atoms in total. The second-order valence-electron chi connectivity index (χ2n) is 0.408. The molecule has 0 bridgehead atoms. The molecule has 0 aromatic heterocycles. The van der Waals surface area contributed by atoms with Crippen LogP contribution < -0.4 is 0 Å². The van der Waals surface area contributed by atoms with Gasteiger partial charge in [0, 0.05) is 0 Å². The summed E-state index contributed by atoms with van der Waals surface area (Å²) in [5, 5.41) is 0. The van der Waals surface area contributed by atoms with E-state index in [0.717, 1.165) is 0 Å². The Morgan fingerprint density at radius 3 is 1.60 bits per heavy atom. The first-order valence-corrected chi connectivity index (χ1v) is 1.93. The van der Waals surface area contributed by atoms with E-state index in [1.54, 1.807) is 0 Å². The molecule has 2 atom stereocenters. The first-order chi connectivity index (χ1) is 1.41. The third kappa shape index (κ3) is 30.5. The fraction of sp³-hybridized carbons (Fsp3) is 1.00. The van der Waals surface area contributed by atoms with Gasteiger partial charge >= 0.3 is 18.0 Å². The van der Waals surface area contributed by atoms with Gasteiger partial charge in [-0.05, 0) is 6.16 Å². The molecule has 0 radical (unpaired) electrons. The summed E-state index contributed by atoms with van der Waals surface area (Å²) in [7, 11) is 2.58. The van der Waals surface area contributed by atoms with Crippen molar-refractivity contribution in [2.45, 2.75) is 6.92 Å².